The van der Waals surface area contributed by atoms with E-state index < -0.39 is 5.97 Å². The third-order valence-corrected chi connectivity index (χ3v) is 2.93. The minimum atomic E-state index is -0.409. The van der Waals surface area contributed by atoms with Crippen LogP contribution in [-0.4, -0.2) is 18.1 Å². The zero-order valence-electron chi connectivity index (χ0n) is 8.64. The first-order valence-corrected chi connectivity index (χ1v) is 5.44. The number of anilines is 1. The van der Waals surface area contributed by atoms with Crippen molar-refractivity contribution < 1.29 is 9.53 Å². The predicted molar refractivity (Wildman–Crippen MR) is 63.3 cm³/mol. The minimum absolute atomic E-state index is 0.360. The van der Waals surface area contributed by atoms with Crippen LogP contribution in [-0.2, 0) is 4.74 Å². The summed E-state index contributed by atoms with van der Waals surface area (Å²) < 4.78 is 4.69. The fourth-order valence-electron chi connectivity index (χ4n) is 1.36. The third-order valence-electron chi connectivity index (χ3n) is 2.06. The van der Waals surface area contributed by atoms with Crippen LogP contribution in [0.25, 0.3) is 11.3 Å². The maximum Gasteiger partial charge on any atom is 0.350 e. The fourth-order valence-corrected chi connectivity index (χ4v) is 2.13. The van der Waals surface area contributed by atoms with Crippen molar-refractivity contribution in [3.63, 3.8) is 0 Å². The van der Waals surface area contributed by atoms with Crippen molar-refractivity contribution in [3.8, 4) is 11.3 Å². The summed E-state index contributed by atoms with van der Waals surface area (Å²) in [5.41, 5.74) is 7.04. The normalized spacial score (nSPS) is 10.1. The van der Waals surface area contributed by atoms with Crippen LogP contribution in [0.2, 0.25) is 0 Å². The number of ether oxygens (including phenoxy) is 1. The maximum absolute atomic E-state index is 11.5. The molecule has 0 atom stereocenters. The predicted octanol–water partition coefficient (Wildman–Crippen LogP) is 2.18. The molecule has 0 aliphatic rings. The molecule has 0 saturated carbocycles. The number of carbonyl (C=O) groups is 1. The van der Waals surface area contributed by atoms with Gasteiger partial charge in [-0.25, -0.2) is 9.78 Å². The Morgan fingerprint density at radius 1 is 1.38 bits per heavy atom. The molecule has 0 fully saturated rings. The number of aromatic nitrogens is 1. The molecular formula is C11H10N2O2S. The molecule has 4 nitrogen and oxygen atoms in total. The van der Waals surface area contributed by atoms with E-state index in [1.807, 2.05) is 30.3 Å². The number of thiazole rings is 1. The van der Waals surface area contributed by atoms with Gasteiger partial charge in [-0.1, -0.05) is 41.7 Å². The zero-order valence-corrected chi connectivity index (χ0v) is 9.45. The van der Waals surface area contributed by atoms with E-state index >= 15 is 0 Å². The van der Waals surface area contributed by atoms with E-state index in [9.17, 15) is 4.79 Å². The Hall–Kier alpha value is -1.88. The zero-order chi connectivity index (χ0) is 11.5. The lowest BCUT2D eigenvalue weighted by Gasteiger charge is -1.99. The maximum atomic E-state index is 11.5. The van der Waals surface area contributed by atoms with E-state index in [-0.39, 0.29) is 0 Å². The highest BCUT2D eigenvalue weighted by molar-refractivity contribution is 7.17. The quantitative estimate of drug-likeness (QED) is 0.809. The Morgan fingerprint density at radius 2 is 2.06 bits per heavy atom. The highest BCUT2D eigenvalue weighted by atomic mass is 32.1. The second-order valence-electron chi connectivity index (χ2n) is 3.09. The first-order valence-electron chi connectivity index (χ1n) is 4.62. The first kappa shape index (κ1) is 10.6. The molecule has 1 heterocycles. The summed E-state index contributed by atoms with van der Waals surface area (Å²) in [6.45, 7) is 0. The van der Waals surface area contributed by atoms with Crippen molar-refractivity contribution in [2.45, 2.75) is 0 Å². The Balaban J connectivity index is 2.53. The topological polar surface area (TPSA) is 65.2 Å². The summed E-state index contributed by atoms with van der Waals surface area (Å²) in [7, 11) is 1.34. The highest BCUT2D eigenvalue weighted by Gasteiger charge is 2.18. The second kappa shape index (κ2) is 4.32. The van der Waals surface area contributed by atoms with E-state index in [0.717, 1.165) is 16.9 Å². The number of carbonyl (C=O) groups excluding carboxylic acids is 1. The number of nitrogens with two attached hydrogens (primary N) is 1. The number of nitrogens with zero attached hydrogens (tertiary/aromatic N) is 1. The molecule has 0 bridgehead atoms. The molecule has 0 aliphatic heterocycles. The summed E-state index contributed by atoms with van der Waals surface area (Å²) in [6.07, 6.45) is 0. The van der Waals surface area contributed by atoms with Crippen LogP contribution in [0.3, 0.4) is 0 Å². The number of hydrogen-bond donors (Lipinski definition) is 1. The van der Waals surface area contributed by atoms with Gasteiger partial charge in [0.2, 0.25) is 0 Å². The minimum Gasteiger partial charge on any atom is -0.465 e. The van der Waals surface area contributed by atoms with Crippen LogP contribution in [0.1, 0.15) is 9.67 Å². The largest absolute Gasteiger partial charge is 0.465 e. The molecule has 0 unspecified atom stereocenters. The smallest absolute Gasteiger partial charge is 0.350 e. The third kappa shape index (κ3) is 1.90. The van der Waals surface area contributed by atoms with Gasteiger partial charge in [-0.2, -0.15) is 0 Å². The summed E-state index contributed by atoms with van der Waals surface area (Å²) in [5, 5.41) is 0.360. The molecule has 2 rings (SSSR count). The lowest BCUT2D eigenvalue weighted by atomic mass is 10.1. The molecule has 82 valence electrons. The number of esters is 1. The van der Waals surface area contributed by atoms with Gasteiger partial charge in [0, 0.05) is 5.56 Å². The molecule has 0 amide bonds. The monoisotopic (exact) mass is 234 g/mol. The van der Waals surface area contributed by atoms with Crippen molar-refractivity contribution >= 4 is 22.4 Å². The number of nitrogen functional groups attached to an aromatic ring is 1. The standard InChI is InChI=1S/C11H10N2O2S/c1-15-10(14)9-8(13-11(12)16-9)7-5-3-2-4-6-7/h2-6H,1H3,(H2,12,13). The van der Waals surface area contributed by atoms with Gasteiger partial charge in [0.05, 0.1) is 12.8 Å². The molecule has 2 N–H and O–H groups in total. The Labute approximate surface area is 96.7 Å². The van der Waals surface area contributed by atoms with Gasteiger partial charge < -0.3 is 10.5 Å². The summed E-state index contributed by atoms with van der Waals surface area (Å²) in [5.74, 6) is -0.409. The van der Waals surface area contributed by atoms with Crippen molar-refractivity contribution in [2.75, 3.05) is 12.8 Å². The summed E-state index contributed by atoms with van der Waals surface area (Å²) in [6, 6.07) is 9.41. The van der Waals surface area contributed by atoms with E-state index in [1.54, 1.807) is 0 Å². The molecule has 1 aromatic heterocycles. The SMILES string of the molecule is COC(=O)c1sc(N)nc1-c1ccccc1. The molecule has 0 aliphatic carbocycles. The Morgan fingerprint density at radius 3 is 2.69 bits per heavy atom. The molecule has 2 aromatic rings. The summed E-state index contributed by atoms with van der Waals surface area (Å²) in [4.78, 5) is 16.1. The average Bonchev–Trinajstić information content (AvgIpc) is 2.71. The van der Waals surface area contributed by atoms with Crippen LogP contribution >= 0.6 is 11.3 Å². The molecular weight excluding hydrogens is 224 g/mol. The molecule has 5 heteroatoms. The first-order chi connectivity index (χ1) is 7.72. The number of rotatable bonds is 2. The molecule has 1 aromatic carbocycles. The lowest BCUT2D eigenvalue weighted by molar-refractivity contribution is 0.0607. The van der Waals surface area contributed by atoms with Crippen LogP contribution in [0.15, 0.2) is 30.3 Å². The number of benzene rings is 1. The van der Waals surface area contributed by atoms with Crippen LogP contribution in [0.4, 0.5) is 5.13 Å². The number of hydrogen-bond acceptors (Lipinski definition) is 5. The number of methoxy groups -OCH3 is 1. The van der Waals surface area contributed by atoms with Gasteiger partial charge >= 0.3 is 5.97 Å². The van der Waals surface area contributed by atoms with Gasteiger partial charge in [-0.3, -0.25) is 0 Å². The fraction of sp³-hybridized carbons (Fsp3) is 0.0909. The average molecular weight is 234 g/mol. The van der Waals surface area contributed by atoms with E-state index in [0.29, 0.717) is 15.7 Å². The second-order valence-corrected chi connectivity index (χ2v) is 4.12. The Bertz CT molecular complexity index is 508. The van der Waals surface area contributed by atoms with Gasteiger partial charge in [-0.05, 0) is 0 Å². The van der Waals surface area contributed by atoms with Gasteiger partial charge in [0.15, 0.2) is 5.13 Å². The van der Waals surface area contributed by atoms with Gasteiger partial charge in [0.25, 0.3) is 0 Å². The van der Waals surface area contributed by atoms with E-state index in [4.69, 9.17) is 5.73 Å². The van der Waals surface area contributed by atoms with Crippen molar-refractivity contribution in [3.05, 3.63) is 35.2 Å². The van der Waals surface area contributed by atoms with Crippen molar-refractivity contribution in [2.24, 2.45) is 0 Å². The van der Waals surface area contributed by atoms with Crippen LogP contribution < -0.4 is 5.73 Å². The van der Waals surface area contributed by atoms with Crippen LogP contribution in [0.5, 0.6) is 0 Å². The van der Waals surface area contributed by atoms with Crippen LogP contribution in [0, 0.1) is 0 Å². The van der Waals surface area contributed by atoms with Crippen molar-refractivity contribution in [1.82, 2.24) is 4.98 Å². The molecule has 0 radical (unpaired) electrons. The van der Waals surface area contributed by atoms with E-state index in [2.05, 4.69) is 9.72 Å². The molecule has 16 heavy (non-hydrogen) atoms. The highest BCUT2D eigenvalue weighted by Crippen LogP contribution is 2.29. The molecule has 0 spiro atoms. The van der Waals surface area contributed by atoms with Gasteiger partial charge in [-0.15, -0.1) is 0 Å². The van der Waals surface area contributed by atoms with E-state index in [1.165, 1.54) is 7.11 Å². The van der Waals surface area contributed by atoms with Crippen molar-refractivity contribution in [1.29, 1.82) is 0 Å². The summed E-state index contributed by atoms with van der Waals surface area (Å²) >= 11 is 1.13. The molecule has 0 saturated heterocycles. The lowest BCUT2D eigenvalue weighted by Crippen LogP contribution is -2.00. The Kier molecular flexibility index (Phi) is 2.87. The van der Waals surface area contributed by atoms with Gasteiger partial charge in [0.1, 0.15) is 4.88 Å².